The first-order valence-corrected chi connectivity index (χ1v) is 6.61. The van der Waals surface area contributed by atoms with Gasteiger partial charge in [-0.05, 0) is 50.2 Å². The molecule has 0 aromatic heterocycles. The normalized spacial score (nSPS) is 14.4. The molecule has 1 aliphatic rings. The van der Waals surface area contributed by atoms with Crippen molar-refractivity contribution in [3.63, 3.8) is 0 Å². The number of anilines is 1. The van der Waals surface area contributed by atoms with E-state index in [1.165, 1.54) is 37.1 Å². The molecule has 0 saturated carbocycles. The fourth-order valence-corrected chi connectivity index (χ4v) is 1.95. The molecule has 1 aromatic carbocycles. The minimum Gasteiger partial charge on any atom is -0.436 e. The Kier molecular flexibility index (Phi) is 5.39. The van der Waals surface area contributed by atoms with Crippen LogP contribution in [0.5, 0.6) is 0 Å². The van der Waals surface area contributed by atoms with Crippen LogP contribution in [0.3, 0.4) is 0 Å². The molecular weight excluding hydrogens is 259 g/mol. The molecular formula is C15H17FN2O2. The maximum absolute atomic E-state index is 12.7. The summed E-state index contributed by atoms with van der Waals surface area (Å²) in [4.78, 5) is 13.7. The van der Waals surface area contributed by atoms with Gasteiger partial charge in [0.05, 0.1) is 6.54 Å². The lowest BCUT2D eigenvalue weighted by Crippen LogP contribution is -2.19. The average Bonchev–Trinajstić information content (AvgIpc) is 2.94. The highest BCUT2D eigenvalue weighted by Crippen LogP contribution is 2.08. The molecule has 2 rings (SSSR count). The second-order valence-corrected chi connectivity index (χ2v) is 4.54. The average molecular weight is 276 g/mol. The number of halogens is 1. The molecule has 1 aromatic rings. The topological polar surface area (TPSA) is 41.6 Å². The summed E-state index contributed by atoms with van der Waals surface area (Å²) in [6.45, 7) is 2.98. The van der Waals surface area contributed by atoms with E-state index in [0.717, 1.165) is 19.6 Å². The van der Waals surface area contributed by atoms with Gasteiger partial charge < -0.3 is 4.74 Å². The van der Waals surface area contributed by atoms with Gasteiger partial charge >= 0.3 is 6.09 Å². The molecule has 0 aliphatic carbocycles. The molecule has 1 N–H and O–H groups in total. The van der Waals surface area contributed by atoms with Crippen molar-refractivity contribution < 1.29 is 13.9 Å². The summed E-state index contributed by atoms with van der Waals surface area (Å²) in [5, 5.41) is 2.50. The fraction of sp³-hybridized carbons (Fsp3) is 0.400. The number of carbonyl (C=O) groups is 1. The van der Waals surface area contributed by atoms with Crippen LogP contribution >= 0.6 is 0 Å². The van der Waals surface area contributed by atoms with Crippen molar-refractivity contribution in [2.45, 2.75) is 12.8 Å². The number of ether oxygens (including phenoxy) is 1. The first-order valence-electron chi connectivity index (χ1n) is 6.61. The Balaban J connectivity index is 1.64. The molecule has 1 amide bonds. The number of benzene rings is 1. The van der Waals surface area contributed by atoms with E-state index in [1.807, 2.05) is 0 Å². The van der Waals surface area contributed by atoms with Crippen LogP contribution in [0.1, 0.15) is 12.8 Å². The van der Waals surface area contributed by atoms with Gasteiger partial charge in [0.2, 0.25) is 0 Å². The highest BCUT2D eigenvalue weighted by Gasteiger charge is 2.08. The Bertz CT molecular complexity index is 499. The van der Waals surface area contributed by atoms with Crippen LogP contribution in [0.4, 0.5) is 14.9 Å². The van der Waals surface area contributed by atoms with Gasteiger partial charge in [-0.1, -0.05) is 11.8 Å². The molecule has 1 aliphatic heterocycles. The highest BCUT2D eigenvalue weighted by atomic mass is 19.1. The van der Waals surface area contributed by atoms with Gasteiger partial charge in [-0.2, -0.15) is 0 Å². The van der Waals surface area contributed by atoms with E-state index < -0.39 is 6.09 Å². The largest absolute Gasteiger partial charge is 0.436 e. The van der Waals surface area contributed by atoms with Crippen LogP contribution in [0.25, 0.3) is 0 Å². The maximum atomic E-state index is 12.7. The van der Waals surface area contributed by atoms with Gasteiger partial charge in [-0.15, -0.1) is 0 Å². The first-order chi connectivity index (χ1) is 9.74. The quantitative estimate of drug-likeness (QED) is 0.862. The minimum absolute atomic E-state index is 0.0564. The molecule has 0 unspecified atom stereocenters. The number of nitrogens with one attached hydrogen (secondary N) is 1. The molecule has 1 heterocycles. The van der Waals surface area contributed by atoms with Crippen LogP contribution in [-0.4, -0.2) is 37.2 Å². The van der Waals surface area contributed by atoms with E-state index in [0.29, 0.717) is 5.69 Å². The van der Waals surface area contributed by atoms with Crippen LogP contribution in [0.2, 0.25) is 0 Å². The van der Waals surface area contributed by atoms with E-state index in [4.69, 9.17) is 4.74 Å². The third-order valence-electron chi connectivity index (χ3n) is 2.99. The van der Waals surface area contributed by atoms with Crippen LogP contribution in [0, 0.1) is 17.7 Å². The summed E-state index contributed by atoms with van der Waals surface area (Å²) in [5.41, 5.74) is 0.487. The molecule has 106 valence electrons. The van der Waals surface area contributed by atoms with Gasteiger partial charge in [-0.3, -0.25) is 10.2 Å². The van der Waals surface area contributed by atoms with Crippen molar-refractivity contribution in [1.82, 2.24) is 4.90 Å². The zero-order valence-corrected chi connectivity index (χ0v) is 11.2. The number of likely N-dealkylation sites (tertiary alicyclic amines) is 1. The lowest BCUT2D eigenvalue weighted by atomic mass is 10.3. The Morgan fingerprint density at radius 2 is 1.95 bits per heavy atom. The number of nitrogens with zero attached hydrogens (tertiary/aromatic N) is 1. The maximum Gasteiger partial charge on any atom is 0.412 e. The summed E-state index contributed by atoms with van der Waals surface area (Å²) in [6, 6.07) is 5.47. The molecule has 1 fully saturated rings. The van der Waals surface area contributed by atoms with Crippen molar-refractivity contribution in [2.24, 2.45) is 0 Å². The summed E-state index contributed by atoms with van der Waals surface area (Å²) >= 11 is 0. The third kappa shape index (κ3) is 4.90. The number of hydrogen-bond acceptors (Lipinski definition) is 3. The summed E-state index contributed by atoms with van der Waals surface area (Å²) in [6.07, 6.45) is 1.88. The molecule has 1 saturated heterocycles. The molecule has 0 atom stereocenters. The standard InChI is InChI=1S/C15H17FN2O2/c16-13-5-7-14(8-6-13)17-15(19)20-12-4-3-11-18-9-1-2-10-18/h5-8H,1-2,9-12H2,(H,17,19). The van der Waals surface area contributed by atoms with E-state index in [9.17, 15) is 9.18 Å². The Labute approximate surface area is 117 Å². The van der Waals surface area contributed by atoms with Gasteiger partial charge in [0.1, 0.15) is 5.82 Å². The second-order valence-electron chi connectivity index (χ2n) is 4.54. The Morgan fingerprint density at radius 3 is 2.65 bits per heavy atom. The van der Waals surface area contributed by atoms with E-state index >= 15 is 0 Å². The van der Waals surface area contributed by atoms with Gasteiger partial charge in [0, 0.05) is 5.69 Å². The second kappa shape index (κ2) is 7.51. The molecule has 20 heavy (non-hydrogen) atoms. The zero-order chi connectivity index (χ0) is 14.2. The number of rotatable bonds is 3. The fourth-order valence-electron chi connectivity index (χ4n) is 1.95. The van der Waals surface area contributed by atoms with Crippen LogP contribution < -0.4 is 5.32 Å². The van der Waals surface area contributed by atoms with Gasteiger partial charge in [-0.25, -0.2) is 9.18 Å². The summed E-state index contributed by atoms with van der Waals surface area (Å²) < 4.78 is 17.6. The Hall–Kier alpha value is -2.06. The highest BCUT2D eigenvalue weighted by molar-refractivity contribution is 5.84. The van der Waals surface area contributed by atoms with Crippen LogP contribution in [0.15, 0.2) is 24.3 Å². The molecule has 5 heteroatoms. The molecule has 4 nitrogen and oxygen atoms in total. The van der Waals surface area contributed by atoms with Crippen molar-refractivity contribution in [2.75, 3.05) is 31.6 Å². The zero-order valence-electron chi connectivity index (χ0n) is 11.2. The molecule has 0 bridgehead atoms. The SMILES string of the molecule is O=C(Nc1ccc(F)cc1)OCC#CCN1CCCC1. The van der Waals surface area contributed by atoms with E-state index in [1.54, 1.807) is 0 Å². The predicted molar refractivity (Wildman–Crippen MR) is 74.8 cm³/mol. The molecule has 0 spiro atoms. The van der Waals surface area contributed by atoms with Crippen molar-refractivity contribution in [3.05, 3.63) is 30.1 Å². The summed E-state index contributed by atoms with van der Waals surface area (Å²) in [5.74, 6) is 5.43. The number of hydrogen-bond donors (Lipinski definition) is 1. The molecule has 0 radical (unpaired) electrons. The van der Waals surface area contributed by atoms with E-state index in [-0.39, 0.29) is 12.4 Å². The number of amides is 1. The number of carbonyl (C=O) groups excluding carboxylic acids is 1. The van der Waals surface area contributed by atoms with Crippen LogP contribution in [-0.2, 0) is 4.74 Å². The van der Waals surface area contributed by atoms with E-state index in [2.05, 4.69) is 22.1 Å². The summed E-state index contributed by atoms with van der Waals surface area (Å²) in [7, 11) is 0. The monoisotopic (exact) mass is 276 g/mol. The first kappa shape index (κ1) is 14.4. The van der Waals surface area contributed by atoms with Crippen molar-refractivity contribution in [3.8, 4) is 11.8 Å². The van der Waals surface area contributed by atoms with Gasteiger partial charge in [0.25, 0.3) is 0 Å². The predicted octanol–water partition coefficient (Wildman–Crippen LogP) is 2.47. The minimum atomic E-state index is -0.591. The smallest absolute Gasteiger partial charge is 0.412 e. The van der Waals surface area contributed by atoms with Crippen molar-refractivity contribution >= 4 is 11.8 Å². The van der Waals surface area contributed by atoms with Gasteiger partial charge in [0.15, 0.2) is 6.61 Å². The third-order valence-corrected chi connectivity index (χ3v) is 2.99. The van der Waals surface area contributed by atoms with Crippen molar-refractivity contribution in [1.29, 1.82) is 0 Å². The lowest BCUT2D eigenvalue weighted by Gasteiger charge is -2.08. The lowest BCUT2D eigenvalue weighted by molar-refractivity contribution is 0.176. The Morgan fingerprint density at radius 1 is 1.25 bits per heavy atom.